The molecule has 162 valence electrons. The maximum Gasteiger partial charge on any atom is 0.186 e. The number of nitrogens with zero attached hydrogens (tertiary/aromatic N) is 2. The molecule has 1 N–H and O–H groups in total. The Kier molecular flexibility index (Phi) is 5.55. The maximum absolute atomic E-state index is 6.11. The van der Waals surface area contributed by atoms with Crippen LogP contribution in [0.15, 0.2) is 54.9 Å². The molecule has 2 aromatic carbocycles. The van der Waals surface area contributed by atoms with E-state index in [2.05, 4.69) is 40.5 Å². The van der Waals surface area contributed by atoms with Crippen LogP contribution in [0.3, 0.4) is 0 Å². The summed E-state index contributed by atoms with van der Waals surface area (Å²) >= 11 is 6.10. The molecule has 0 amide bonds. The highest BCUT2D eigenvalue weighted by molar-refractivity contribution is 6.31. The summed E-state index contributed by atoms with van der Waals surface area (Å²) in [6.45, 7) is 1.51. The van der Waals surface area contributed by atoms with Crippen molar-refractivity contribution in [1.82, 2.24) is 9.88 Å². The summed E-state index contributed by atoms with van der Waals surface area (Å²) in [6, 6.07) is 12.2. The van der Waals surface area contributed by atoms with Crippen LogP contribution in [0.1, 0.15) is 18.4 Å². The van der Waals surface area contributed by atoms with Gasteiger partial charge in [-0.3, -0.25) is 4.90 Å². The number of fused-ring (bicyclic) bond motifs is 2. The van der Waals surface area contributed by atoms with E-state index in [1.807, 2.05) is 43.3 Å². The molecular weight excluding hydrogens is 410 g/mol. The van der Waals surface area contributed by atoms with E-state index >= 15 is 0 Å². The minimum absolute atomic E-state index is 0.0513. The van der Waals surface area contributed by atoms with E-state index in [0.717, 1.165) is 53.5 Å². The Morgan fingerprint density at radius 3 is 2.94 bits per heavy atom. The van der Waals surface area contributed by atoms with Gasteiger partial charge in [-0.15, -0.1) is 0 Å². The zero-order valence-corrected chi connectivity index (χ0v) is 18.7. The number of nitrogens with one attached hydrogen (secondary N) is 1. The van der Waals surface area contributed by atoms with Gasteiger partial charge in [-0.2, -0.15) is 0 Å². The highest BCUT2D eigenvalue weighted by Crippen LogP contribution is 2.42. The third-order valence-corrected chi connectivity index (χ3v) is 6.50. The molecule has 1 aromatic heterocycles. The molecule has 3 aromatic rings. The zero-order chi connectivity index (χ0) is 21.4. The van der Waals surface area contributed by atoms with Crippen molar-refractivity contribution in [2.45, 2.75) is 25.5 Å². The van der Waals surface area contributed by atoms with Gasteiger partial charge < -0.3 is 19.4 Å². The smallest absolute Gasteiger partial charge is 0.186 e. The Morgan fingerprint density at radius 2 is 2.13 bits per heavy atom. The number of aromatic nitrogens is 1. The highest BCUT2D eigenvalue weighted by Gasteiger charge is 2.27. The summed E-state index contributed by atoms with van der Waals surface area (Å²) in [4.78, 5) is 7.66. The van der Waals surface area contributed by atoms with Crippen LogP contribution in [-0.2, 0) is 6.42 Å². The lowest BCUT2D eigenvalue weighted by molar-refractivity contribution is -0.00162. The van der Waals surface area contributed by atoms with Gasteiger partial charge >= 0.3 is 0 Å². The molecule has 6 heteroatoms. The first-order chi connectivity index (χ1) is 15.1. The fraction of sp³-hybridized carbons (Fsp3) is 0.360. The molecular formula is C25H28ClN3O2. The summed E-state index contributed by atoms with van der Waals surface area (Å²) in [5.74, 6) is 2.24. The Balaban J connectivity index is 1.25. The van der Waals surface area contributed by atoms with E-state index in [1.165, 1.54) is 10.9 Å². The van der Waals surface area contributed by atoms with Crippen LogP contribution >= 0.6 is 11.6 Å². The summed E-state index contributed by atoms with van der Waals surface area (Å²) < 4.78 is 12.2. The molecule has 0 aliphatic carbocycles. The van der Waals surface area contributed by atoms with Gasteiger partial charge in [0.2, 0.25) is 0 Å². The second-order valence-corrected chi connectivity index (χ2v) is 9.01. The number of para-hydroxylation sites is 1. The average molecular weight is 438 g/mol. The Labute approximate surface area is 188 Å². The van der Waals surface area contributed by atoms with Crippen molar-refractivity contribution in [3.05, 3.63) is 65.5 Å². The summed E-state index contributed by atoms with van der Waals surface area (Å²) in [6.07, 6.45) is 9.92. The molecule has 0 saturated carbocycles. The highest BCUT2D eigenvalue weighted by atomic mass is 35.5. The third kappa shape index (κ3) is 4.12. The molecule has 5 rings (SSSR count). The van der Waals surface area contributed by atoms with Crippen molar-refractivity contribution in [2.75, 3.05) is 32.1 Å². The molecule has 2 atom stereocenters. The lowest BCUT2D eigenvalue weighted by Gasteiger charge is -2.34. The minimum Gasteiger partial charge on any atom is -0.482 e. The summed E-state index contributed by atoms with van der Waals surface area (Å²) in [5, 5.41) is 2.04. The van der Waals surface area contributed by atoms with Crippen LogP contribution in [-0.4, -0.2) is 43.4 Å². The van der Waals surface area contributed by atoms with E-state index in [9.17, 15) is 0 Å². The molecule has 2 aliphatic heterocycles. The number of benzene rings is 2. The van der Waals surface area contributed by atoms with Gasteiger partial charge in [-0.25, -0.2) is 0 Å². The third-order valence-electron chi connectivity index (χ3n) is 6.27. The van der Waals surface area contributed by atoms with Gasteiger partial charge in [0.1, 0.15) is 6.61 Å². The van der Waals surface area contributed by atoms with Crippen LogP contribution in [0.4, 0.5) is 5.69 Å². The van der Waals surface area contributed by atoms with Crippen molar-refractivity contribution < 1.29 is 9.47 Å². The first kappa shape index (κ1) is 20.3. The van der Waals surface area contributed by atoms with Crippen LogP contribution in [0.25, 0.3) is 10.9 Å². The Morgan fingerprint density at radius 1 is 1.23 bits per heavy atom. The molecule has 5 nitrogen and oxygen atoms in total. The second kappa shape index (κ2) is 8.48. The normalized spacial score (nSPS) is 20.6. The van der Waals surface area contributed by atoms with Gasteiger partial charge in [-0.1, -0.05) is 29.8 Å². The van der Waals surface area contributed by atoms with Crippen molar-refractivity contribution in [1.29, 1.82) is 0 Å². The lowest BCUT2D eigenvalue weighted by Crippen LogP contribution is -2.41. The Hall–Kier alpha value is -2.63. The quantitative estimate of drug-likeness (QED) is 0.576. The van der Waals surface area contributed by atoms with Gasteiger partial charge in [0, 0.05) is 34.9 Å². The van der Waals surface area contributed by atoms with E-state index in [1.54, 1.807) is 0 Å². The van der Waals surface area contributed by atoms with Crippen molar-refractivity contribution in [3.63, 3.8) is 0 Å². The van der Waals surface area contributed by atoms with E-state index < -0.39 is 0 Å². The van der Waals surface area contributed by atoms with Crippen molar-refractivity contribution in [3.8, 4) is 11.5 Å². The number of rotatable bonds is 5. The van der Waals surface area contributed by atoms with E-state index in [4.69, 9.17) is 21.1 Å². The largest absolute Gasteiger partial charge is 0.482 e. The van der Waals surface area contributed by atoms with Crippen LogP contribution < -0.4 is 14.4 Å². The minimum atomic E-state index is -0.0513. The lowest BCUT2D eigenvalue weighted by atomic mass is 9.94. The SMILES string of the molecule is CN(C)C1COc2c(cccc2N2C=CC(CCc3c[nH]c4cc(Cl)ccc34)CC2)O1. The predicted octanol–water partition coefficient (Wildman–Crippen LogP) is 5.45. The van der Waals surface area contributed by atoms with Crippen LogP contribution in [0.5, 0.6) is 11.5 Å². The first-order valence-electron chi connectivity index (χ1n) is 10.9. The predicted molar refractivity (Wildman–Crippen MR) is 126 cm³/mol. The monoisotopic (exact) mass is 437 g/mol. The molecule has 0 fully saturated rings. The number of H-pyrrole nitrogens is 1. The second-order valence-electron chi connectivity index (χ2n) is 8.58. The van der Waals surface area contributed by atoms with Crippen molar-refractivity contribution in [2.24, 2.45) is 5.92 Å². The number of hydrogen-bond donors (Lipinski definition) is 1. The van der Waals surface area contributed by atoms with E-state index in [-0.39, 0.29) is 6.23 Å². The molecule has 0 saturated heterocycles. The van der Waals surface area contributed by atoms with E-state index in [0.29, 0.717) is 12.5 Å². The van der Waals surface area contributed by atoms with Gasteiger partial charge in [-0.05, 0) is 69.1 Å². The number of halogens is 1. The van der Waals surface area contributed by atoms with Gasteiger partial charge in [0.25, 0.3) is 0 Å². The first-order valence-corrected chi connectivity index (χ1v) is 11.3. The number of aryl methyl sites for hydroxylation is 1. The molecule has 3 heterocycles. The van der Waals surface area contributed by atoms with Gasteiger partial charge in [0.15, 0.2) is 17.7 Å². The fourth-order valence-corrected chi connectivity index (χ4v) is 4.58. The number of likely N-dealkylation sites (N-methyl/N-ethyl adjacent to an activating group) is 1. The molecule has 2 aliphatic rings. The number of ether oxygens (including phenoxy) is 2. The topological polar surface area (TPSA) is 40.7 Å². The Bertz CT molecular complexity index is 1110. The van der Waals surface area contributed by atoms with Crippen LogP contribution in [0.2, 0.25) is 5.02 Å². The molecule has 0 bridgehead atoms. The molecule has 31 heavy (non-hydrogen) atoms. The molecule has 0 radical (unpaired) electrons. The zero-order valence-electron chi connectivity index (χ0n) is 18.0. The number of allylic oxidation sites excluding steroid dienone is 1. The van der Waals surface area contributed by atoms with Gasteiger partial charge in [0.05, 0.1) is 5.69 Å². The fourth-order valence-electron chi connectivity index (χ4n) is 4.41. The number of hydrogen-bond acceptors (Lipinski definition) is 4. The maximum atomic E-state index is 6.11. The number of aromatic amines is 1. The molecule has 2 unspecified atom stereocenters. The molecule has 0 spiro atoms. The van der Waals surface area contributed by atoms with Crippen molar-refractivity contribution >= 4 is 28.2 Å². The standard InChI is InChI=1S/C25H28ClN3O2/c1-28(2)24-16-30-25-22(4-3-5-23(25)31-24)29-12-10-17(11-13-29)6-7-18-15-27-21-14-19(26)8-9-20(18)21/h3-5,8-10,12,14-15,17,24,27H,6-7,11,13,16H2,1-2H3. The summed E-state index contributed by atoms with van der Waals surface area (Å²) in [5.41, 5.74) is 3.55. The average Bonchev–Trinajstić information content (AvgIpc) is 3.19. The summed E-state index contributed by atoms with van der Waals surface area (Å²) in [7, 11) is 4.00. The van der Waals surface area contributed by atoms with Crippen LogP contribution in [0, 0.1) is 5.92 Å². The number of anilines is 1.